The second kappa shape index (κ2) is 8.10. The molecule has 1 saturated heterocycles. The number of hydrogen-bond acceptors (Lipinski definition) is 4. The molecule has 2 heterocycles. The summed E-state index contributed by atoms with van der Waals surface area (Å²) in [5.41, 5.74) is 0.631. The minimum Gasteiger partial charge on any atom is -0.347 e. The lowest BCUT2D eigenvalue weighted by Gasteiger charge is -2.34. The molecule has 1 unspecified atom stereocenters. The molecule has 2 amide bonds. The van der Waals surface area contributed by atoms with Gasteiger partial charge < -0.3 is 10.2 Å². The molecule has 0 saturated carbocycles. The maximum atomic E-state index is 12.2. The Morgan fingerprint density at radius 2 is 2.13 bits per heavy atom. The molecule has 1 aliphatic heterocycles. The molecule has 0 aromatic carbocycles. The van der Waals surface area contributed by atoms with E-state index in [1.807, 2.05) is 0 Å². The molecule has 7 nitrogen and oxygen atoms in total. The first-order valence-electron chi connectivity index (χ1n) is 8.26. The number of nitrogens with one attached hydrogen (secondary N) is 1. The van der Waals surface area contributed by atoms with E-state index in [2.05, 4.69) is 22.2 Å². The monoisotopic (exact) mass is 321 g/mol. The Labute approximate surface area is 137 Å². The predicted molar refractivity (Wildman–Crippen MR) is 89.1 cm³/mol. The number of piperidine rings is 1. The lowest BCUT2D eigenvalue weighted by atomic mass is 10.0. The van der Waals surface area contributed by atoms with Gasteiger partial charge in [-0.15, -0.1) is 0 Å². The second-order valence-corrected chi connectivity index (χ2v) is 6.29. The van der Waals surface area contributed by atoms with Gasteiger partial charge in [0.05, 0.1) is 18.4 Å². The highest BCUT2D eigenvalue weighted by atomic mass is 16.2. The van der Waals surface area contributed by atoms with Crippen molar-refractivity contribution in [2.75, 3.05) is 32.5 Å². The van der Waals surface area contributed by atoms with Crippen molar-refractivity contribution < 1.29 is 9.59 Å². The molecule has 1 fully saturated rings. The number of nitrogens with zero attached hydrogens (tertiary/aromatic N) is 4. The predicted octanol–water partition coefficient (Wildman–Crippen LogP) is 1.17. The van der Waals surface area contributed by atoms with Gasteiger partial charge in [0.1, 0.15) is 6.54 Å². The number of likely N-dealkylation sites (N-methyl/N-ethyl adjacent to an activating group) is 1. The van der Waals surface area contributed by atoms with Crippen molar-refractivity contribution >= 4 is 17.5 Å². The number of carbonyl (C=O) groups excluding carboxylic acids is 2. The van der Waals surface area contributed by atoms with Crippen LogP contribution in [0.3, 0.4) is 0 Å². The molecule has 2 rings (SSSR count). The number of likely N-dealkylation sites (tertiary alicyclic amines) is 1. The molecule has 0 bridgehead atoms. The van der Waals surface area contributed by atoms with Crippen LogP contribution in [0.4, 0.5) is 5.69 Å². The van der Waals surface area contributed by atoms with Crippen LogP contribution in [0.25, 0.3) is 0 Å². The zero-order chi connectivity index (χ0) is 16.8. The quantitative estimate of drug-likeness (QED) is 0.854. The molecule has 7 heteroatoms. The van der Waals surface area contributed by atoms with Gasteiger partial charge in [0, 0.05) is 26.3 Å². The van der Waals surface area contributed by atoms with Crippen molar-refractivity contribution in [1.29, 1.82) is 0 Å². The summed E-state index contributed by atoms with van der Waals surface area (Å²) in [5.74, 6) is -0.0612. The molecule has 128 valence electrons. The molecule has 1 aromatic rings. The molecule has 1 N–H and O–H groups in total. The Bertz CT molecular complexity index is 540. The average molecular weight is 321 g/mol. The van der Waals surface area contributed by atoms with Crippen molar-refractivity contribution in [1.82, 2.24) is 19.6 Å². The highest BCUT2D eigenvalue weighted by molar-refractivity contribution is 5.92. The van der Waals surface area contributed by atoms with Crippen LogP contribution in [0.2, 0.25) is 0 Å². The Balaban J connectivity index is 1.85. The smallest absolute Gasteiger partial charge is 0.243 e. The Morgan fingerprint density at radius 3 is 2.83 bits per heavy atom. The largest absolute Gasteiger partial charge is 0.347 e. The first kappa shape index (κ1) is 17.5. The number of carbonyl (C=O) groups is 2. The van der Waals surface area contributed by atoms with Crippen LogP contribution in [-0.2, 0) is 16.1 Å². The third-order valence-corrected chi connectivity index (χ3v) is 4.28. The van der Waals surface area contributed by atoms with E-state index in [9.17, 15) is 9.59 Å². The molecule has 0 aliphatic carbocycles. The van der Waals surface area contributed by atoms with Crippen LogP contribution in [0.15, 0.2) is 12.4 Å². The highest BCUT2D eigenvalue weighted by Gasteiger charge is 2.22. The molecule has 0 spiro atoms. The fourth-order valence-electron chi connectivity index (χ4n) is 2.91. The van der Waals surface area contributed by atoms with Gasteiger partial charge >= 0.3 is 0 Å². The van der Waals surface area contributed by atoms with Gasteiger partial charge in [0.2, 0.25) is 11.8 Å². The summed E-state index contributed by atoms with van der Waals surface area (Å²) in [5, 5.41) is 6.98. The van der Waals surface area contributed by atoms with Crippen LogP contribution >= 0.6 is 0 Å². The first-order chi connectivity index (χ1) is 11.0. The summed E-state index contributed by atoms with van der Waals surface area (Å²) < 4.78 is 1.54. The lowest BCUT2D eigenvalue weighted by molar-refractivity contribution is -0.129. The number of anilines is 1. The van der Waals surface area contributed by atoms with Crippen LogP contribution in [0.1, 0.15) is 32.6 Å². The zero-order valence-electron chi connectivity index (χ0n) is 14.3. The second-order valence-electron chi connectivity index (χ2n) is 6.29. The van der Waals surface area contributed by atoms with E-state index in [1.165, 1.54) is 22.4 Å². The summed E-state index contributed by atoms with van der Waals surface area (Å²) in [6, 6.07) is 0.509. The third-order valence-electron chi connectivity index (χ3n) is 4.28. The average Bonchev–Trinajstić information content (AvgIpc) is 2.94. The van der Waals surface area contributed by atoms with Crippen LogP contribution in [0.5, 0.6) is 0 Å². The standard InChI is InChI=1S/C16H27N5O2/c1-4-14-7-5-6-8-20(14)11-15(22)18-13-9-17-21(10-13)12-16(23)19(2)3/h9-10,14H,4-8,11-12H2,1-3H3,(H,18,22). The van der Waals surface area contributed by atoms with E-state index < -0.39 is 0 Å². The Hall–Kier alpha value is -1.89. The number of rotatable bonds is 6. The van der Waals surface area contributed by atoms with E-state index in [-0.39, 0.29) is 18.4 Å². The molecule has 1 aliphatic rings. The maximum Gasteiger partial charge on any atom is 0.243 e. The topological polar surface area (TPSA) is 70.5 Å². The summed E-state index contributed by atoms with van der Waals surface area (Å²) in [6.45, 7) is 3.75. The van der Waals surface area contributed by atoms with Crippen LogP contribution in [-0.4, -0.2) is 64.6 Å². The molecule has 23 heavy (non-hydrogen) atoms. The van der Waals surface area contributed by atoms with Gasteiger partial charge in [-0.1, -0.05) is 13.3 Å². The third kappa shape index (κ3) is 5.06. The first-order valence-corrected chi connectivity index (χ1v) is 8.26. The van der Waals surface area contributed by atoms with Crippen molar-refractivity contribution in [3.63, 3.8) is 0 Å². The van der Waals surface area contributed by atoms with Gasteiger partial charge in [-0.25, -0.2) is 0 Å². The summed E-state index contributed by atoms with van der Waals surface area (Å²) >= 11 is 0. The zero-order valence-corrected chi connectivity index (χ0v) is 14.3. The van der Waals surface area contributed by atoms with Gasteiger partial charge in [-0.2, -0.15) is 5.10 Å². The van der Waals surface area contributed by atoms with E-state index >= 15 is 0 Å². The van der Waals surface area contributed by atoms with Gasteiger partial charge in [0.15, 0.2) is 0 Å². The summed E-state index contributed by atoms with van der Waals surface area (Å²) in [6.07, 6.45) is 7.94. The Morgan fingerprint density at radius 1 is 1.35 bits per heavy atom. The number of amides is 2. The molecule has 0 radical (unpaired) electrons. The fourth-order valence-corrected chi connectivity index (χ4v) is 2.91. The van der Waals surface area contributed by atoms with Crippen molar-refractivity contribution in [2.24, 2.45) is 0 Å². The maximum absolute atomic E-state index is 12.2. The Kier molecular flexibility index (Phi) is 6.15. The van der Waals surface area contributed by atoms with Crippen molar-refractivity contribution in [2.45, 2.75) is 45.2 Å². The molecule has 1 atom stereocenters. The van der Waals surface area contributed by atoms with Crippen molar-refractivity contribution in [3.05, 3.63) is 12.4 Å². The molecular formula is C16H27N5O2. The minimum absolute atomic E-state index is 0.0242. The number of hydrogen-bond donors (Lipinski definition) is 1. The van der Waals surface area contributed by atoms with Crippen LogP contribution in [0, 0.1) is 0 Å². The molecular weight excluding hydrogens is 294 g/mol. The van der Waals surface area contributed by atoms with Crippen LogP contribution < -0.4 is 5.32 Å². The minimum atomic E-state index is -0.0370. The number of aromatic nitrogens is 2. The fraction of sp³-hybridized carbons (Fsp3) is 0.688. The van der Waals surface area contributed by atoms with E-state index in [0.29, 0.717) is 18.3 Å². The lowest BCUT2D eigenvalue weighted by Crippen LogP contribution is -2.43. The van der Waals surface area contributed by atoms with E-state index in [4.69, 9.17) is 0 Å². The van der Waals surface area contributed by atoms with Crippen molar-refractivity contribution in [3.8, 4) is 0 Å². The van der Waals surface area contributed by atoms with Gasteiger partial charge in [0.25, 0.3) is 0 Å². The van der Waals surface area contributed by atoms with E-state index in [1.54, 1.807) is 26.5 Å². The summed E-state index contributed by atoms with van der Waals surface area (Å²) in [7, 11) is 3.41. The normalized spacial score (nSPS) is 18.7. The SMILES string of the molecule is CCC1CCCCN1CC(=O)Nc1cnn(CC(=O)N(C)C)c1. The van der Waals surface area contributed by atoms with Gasteiger partial charge in [-0.3, -0.25) is 19.2 Å². The summed E-state index contributed by atoms with van der Waals surface area (Å²) in [4.78, 5) is 27.6. The van der Waals surface area contributed by atoms with E-state index in [0.717, 1.165) is 19.4 Å². The van der Waals surface area contributed by atoms with Gasteiger partial charge in [-0.05, 0) is 25.8 Å². The highest BCUT2D eigenvalue weighted by Crippen LogP contribution is 2.19. The molecule has 1 aromatic heterocycles.